The van der Waals surface area contributed by atoms with Crippen LogP contribution in [0.15, 0.2) is 38.0 Å². The first kappa shape index (κ1) is 24.9. The van der Waals surface area contributed by atoms with Crippen LogP contribution in [0.4, 0.5) is 0 Å². The number of fused-ring (bicyclic) bond motifs is 1. The van der Waals surface area contributed by atoms with E-state index in [4.69, 9.17) is 0 Å². The number of hydrogen-bond donors (Lipinski definition) is 2. The maximum Gasteiger partial charge on any atom is 0.352 e. The van der Waals surface area contributed by atoms with Crippen molar-refractivity contribution in [1.82, 2.24) is 25.2 Å². The zero-order valence-electron chi connectivity index (χ0n) is 18.4. The first-order chi connectivity index (χ1) is 16.3. The zero-order chi connectivity index (χ0) is 24.4. The van der Waals surface area contributed by atoms with Crippen LogP contribution in [0.25, 0.3) is 0 Å². The van der Waals surface area contributed by atoms with Crippen LogP contribution in [0.3, 0.4) is 0 Å². The Bertz CT molecular complexity index is 1140. The number of amides is 2. The second-order valence-corrected chi connectivity index (χ2v) is 12.1. The number of aromatic nitrogens is 3. The number of nitrogens with zero attached hydrogens (tertiary/aromatic N) is 4. The Labute approximate surface area is 211 Å². The minimum atomic E-state index is -1.48. The predicted molar refractivity (Wildman–Crippen MR) is 131 cm³/mol. The molecule has 14 heteroatoms. The molecule has 0 aromatic carbocycles. The van der Waals surface area contributed by atoms with Crippen molar-refractivity contribution in [2.75, 3.05) is 17.3 Å². The Morgan fingerprint density at radius 3 is 2.82 bits per heavy atom. The van der Waals surface area contributed by atoms with E-state index in [1.165, 1.54) is 39.8 Å². The number of β-lactam (4-membered cyclic amide) rings is 1. The Morgan fingerprint density at radius 1 is 1.38 bits per heavy atom. The van der Waals surface area contributed by atoms with Crippen molar-refractivity contribution in [2.24, 2.45) is 0 Å². The Morgan fingerprint density at radius 2 is 2.18 bits per heavy atom. The first-order valence-corrected chi connectivity index (χ1v) is 14.7. The molecule has 4 rings (SSSR count). The van der Waals surface area contributed by atoms with E-state index in [0.717, 1.165) is 10.7 Å². The number of thiophene rings is 1. The minimum absolute atomic E-state index is 0.0255. The number of carboxylic acid groups (broad SMARTS) is 1. The molecule has 0 saturated carbocycles. The average molecular weight is 542 g/mol. The van der Waals surface area contributed by atoms with E-state index in [0.29, 0.717) is 34.3 Å². The van der Waals surface area contributed by atoms with Gasteiger partial charge in [-0.1, -0.05) is 18.2 Å². The van der Waals surface area contributed by atoms with Gasteiger partial charge in [-0.15, -0.1) is 40.0 Å². The fourth-order valence-corrected chi connectivity index (χ4v) is 8.28. The van der Waals surface area contributed by atoms with Gasteiger partial charge in [0.25, 0.3) is 5.91 Å². The van der Waals surface area contributed by atoms with Gasteiger partial charge in [0, 0.05) is 18.1 Å². The van der Waals surface area contributed by atoms with Crippen molar-refractivity contribution in [3.8, 4) is 0 Å². The summed E-state index contributed by atoms with van der Waals surface area (Å²) in [5.41, 5.74) is 1.47. The summed E-state index contributed by atoms with van der Waals surface area (Å²) in [4.78, 5) is 38.6. The third kappa shape index (κ3) is 4.81. The maximum atomic E-state index is 12.8. The molecular formula is C20H23N5O5S4. The monoisotopic (exact) mass is 541 g/mol. The van der Waals surface area contributed by atoms with E-state index in [1.807, 2.05) is 13.8 Å². The van der Waals surface area contributed by atoms with Crippen LogP contribution in [0.5, 0.6) is 0 Å². The van der Waals surface area contributed by atoms with Gasteiger partial charge in [0.1, 0.15) is 27.9 Å². The first-order valence-electron chi connectivity index (χ1n) is 10.5. The fraction of sp³-hybridized carbons (Fsp3) is 0.450. The van der Waals surface area contributed by atoms with Gasteiger partial charge in [0.2, 0.25) is 5.91 Å². The quantitative estimate of drug-likeness (QED) is 0.339. The molecule has 182 valence electrons. The number of hydrogen-bond acceptors (Lipinski definition) is 9. The molecule has 0 spiro atoms. The number of nitrogens with one attached hydrogen (secondary N) is 1. The standard InChI is InChI=1S/C20H23N5O5S4/c1-3-12-18(24(4-2)23-22-12)32-8-11-9-33-19-15(17(27)25(19)16(11)20(28)29)21-13(26)10-34(30)14-6-5-7-31-14/h5-7,15,19H,3-4,8-10H2,1-2H3,(H,21,26)(H,28,29)/t15?,19-,34?/m1/s1. The normalized spacial score (nSPS) is 20.6. The Hall–Kier alpha value is -2.16. The van der Waals surface area contributed by atoms with Crippen LogP contribution in [0.1, 0.15) is 19.5 Å². The molecule has 1 saturated heterocycles. The van der Waals surface area contributed by atoms with E-state index in [9.17, 15) is 23.7 Å². The number of carboxylic acids is 1. The van der Waals surface area contributed by atoms with Crippen LogP contribution in [0, 0.1) is 0 Å². The number of carbonyl (C=O) groups is 3. The Balaban J connectivity index is 1.44. The topological polar surface area (TPSA) is 134 Å². The van der Waals surface area contributed by atoms with E-state index in [1.54, 1.807) is 22.2 Å². The van der Waals surface area contributed by atoms with E-state index in [-0.39, 0.29) is 11.4 Å². The lowest BCUT2D eigenvalue weighted by atomic mass is 10.0. The molecule has 1 fully saturated rings. The number of thioether (sulfide) groups is 2. The summed E-state index contributed by atoms with van der Waals surface area (Å²) in [6.07, 6.45) is 0.716. The van der Waals surface area contributed by atoms with Crippen molar-refractivity contribution in [3.63, 3.8) is 0 Å². The molecule has 4 heterocycles. The molecule has 2 aliphatic rings. The largest absolute Gasteiger partial charge is 0.477 e. The van der Waals surface area contributed by atoms with Crippen molar-refractivity contribution >= 4 is 63.4 Å². The second kappa shape index (κ2) is 10.6. The molecule has 2 unspecified atom stereocenters. The summed E-state index contributed by atoms with van der Waals surface area (Å²) in [5, 5.41) is 23.0. The molecule has 2 amide bonds. The van der Waals surface area contributed by atoms with Crippen molar-refractivity contribution in [3.05, 3.63) is 34.5 Å². The summed E-state index contributed by atoms with van der Waals surface area (Å²) in [6.45, 7) is 4.60. The molecule has 0 aliphatic carbocycles. The predicted octanol–water partition coefficient (Wildman–Crippen LogP) is 1.56. The number of rotatable bonds is 10. The SMILES string of the molecule is CCc1nnn(CC)c1SCC1=C(C(=O)O)N2C(=O)C(NC(=O)CS(=O)c3cccs3)[C@H]2SC1. The van der Waals surface area contributed by atoms with E-state index < -0.39 is 40.0 Å². The molecule has 34 heavy (non-hydrogen) atoms. The van der Waals surface area contributed by atoms with Gasteiger partial charge in [-0.05, 0) is 30.4 Å². The van der Waals surface area contributed by atoms with Gasteiger partial charge in [0.15, 0.2) is 0 Å². The van der Waals surface area contributed by atoms with Gasteiger partial charge in [-0.3, -0.25) is 18.7 Å². The van der Waals surface area contributed by atoms with Crippen molar-refractivity contribution in [1.29, 1.82) is 0 Å². The van der Waals surface area contributed by atoms with Gasteiger partial charge in [0.05, 0.1) is 20.7 Å². The summed E-state index contributed by atoms with van der Waals surface area (Å²) >= 11 is 4.18. The number of carbonyl (C=O) groups excluding carboxylic acids is 2. The molecule has 2 aromatic rings. The molecular weight excluding hydrogens is 519 g/mol. The third-order valence-electron chi connectivity index (χ3n) is 5.32. The molecule has 0 radical (unpaired) electrons. The molecule has 2 aromatic heterocycles. The molecule has 0 bridgehead atoms. The highest BCUT2D eigenvalue weighted by Crippen LogP contribution is 2.41. The minimum Gasteiger partial charge on any atom is -0.477 e. The maximum absolute atomic E-state index is 12.8. The fourth-order valence-electron chi connectivity index (χ4n) is 3.68. The number of aryl methyl sites for hydroxylation is 2. The average Bonchev–Trinajstić information content (AvgIpc) is 3.50. The lowest BCUT2D eigenvalue weighted by Gasteiger charge is -2.49. The summed E-state index contributed by atoms with van der Waals surface area (Å²) in [7, 11) is -1.48. The molecule has 3 atom stereocenters. The van der Waals surface area contributed by atoms with Gasteiger partial charge >= 0.3 is 5.97 Å². The lowest BCUT2D eigenvalue weighted by molar-refractivity contribution is -0.150. The van der Waals surface area contributed by atoms with E-state index >= 15 is 0 Å². The highest BCUT2D eigenvalue weighted by atomic mass is 32.2. The Kier molecular flexibility index (Phi) is 7.80. The van der Waals surface area contributed by atoms with E-state index in [2.05, 4.69) is 15.6 Å². The van der Waals surface area contributed by atoms with Crippen molar-refractivity contribution < 1.29 is 23.7 Å². The van der Waals surface area contributed by atoms with Crippen LogP contribution in [-0.2, 0) is 38.1 Å². The smallest absolute Gasteiger partial charge is 0.352 e. The van der Waals surface area contributed by atoms with Gasteiger partial charge in [-0.25, -0.2) is 9.48 Å². The lowest BCUT2D eigenvalue weighted by Crippen LogP contribution is -2.70. The molecule has 2 aliphatic heterocycles. The van der Waals surface area contributed by atoms with Crippen molar-refractivity contribution in [2.45, 2.75) is 47.5 Å². The third-order valence-corrected chi connectivity index (χ3v) is 10.5. The molecule has 2 N–H and O–H groups in total. The van der Waals surface area contributed by atoms with Crippen LogP contribution < -0.4 is 5.32 Å². The van der Waals surface area contributed by atoms with Crippen LogP contribution in [-0.4, -0.2) is 75.7 Å². The van der Waals surface area contributed by atoms with Crippen LogP contribution in [0.2, 0.25) is 0 Å². The summed E-state index contributed by atoms with van der Waals surface area (Å²) in [5.74, 6) is -1.57. The number of aliphatic carboxylic acids is 1. The highest BCUT2D eigenvalue weighted by Gasteiger charge is 2.54. The van der Waals surface area contributed by atoms with Crippen LogP contribution >= 0.6 is 34.9 Å². The zero-order valence-corrected chi connectivity index (χ0v) is 21.7. The summed E-state index contributed by atoms with van der Waals surface area (Å²) in [6, 6.07) is 2.61. The molecule has 10 nitrogen and oxygen atoms in total. The second-order valence-electron chi connectivity index (χ2n) is 7.43. The van der Waals surface area contributed by atoms with Gasteiger partial charge < -0.3 is 10.4 Å². The highest BCUT2D eigenvalue weighted by molar-refractivity contribution is 8.01. The summed E-state index contributed by atoms with van der Waals surface area (Å²) < 4.78 is 14.6. The van der Waals surface area contributed by atoms with Gasteiger partial charge in [-0.2, -0.15) is 0 Å².